The molecule has 11 heavy (non-hydrogen) atoms. The molecule has 0 aromatic rings. The smallest absolute Gasteiger partial charge is 0.0246 e. The lowest BCUT2D eigenvalue weighted by molar-refractivity contribution is 0.283. The summed E-state index contributed by atoms with van der Waals surface area (Å²) in [4.78, 5) is 0. The molecule has 0 amide bonds. The van der Waals surface area contributed by atoms with Crippen molar-refractivity contribution in [2.75, 3.05) is 5.75 Å². The Balaban J connectivity index is 2.21. The van der Waals surface area contributed by atoms with Gasteiger partial charge in [-0.3, -0.25) is 0 Å². The Morgan fingerprint density at radius 3 is 2.18 bits per heavy atom. The normalized spacial score (nSPS) is 22.9. The highest BCUT2D eigenvalue weighted by atomic mass is 32.2. The van der Waals surface area contributed by atoms with Gasteiger partial charge in [0.2, 0.25) is 0 Å². The van der Waals surface area contributed by atoms with E-state index in [4.69, 9.17) is 5.73 Å². The quantitative estimate of drug-likeness (QED) is 0.694. The van der Waals surface area contributed by atoms with E-state index in [9.17, 15) is 0 Å². The Hall–Kier alpha value is 0.310. The SMILES string of the molecule is CC(C)(C)SCC1(N)CCC1. The predicted molar refractivity (Wildman–Crippen MR) is 53.0 cm³/mol. The van der Waals surface area contributed by atoms with Gasteiger partial charge in [-0.2, -0.15) is 11.8 Å². The average Bonchev–Trinajstić information content (AvgIpc) is 1.77. The lowest BCUT2D eigenvalue weighted by Gasteiger charge is -2.39. The van der Waals surface area contributed by atoms with Crippen molar-refractivity contribution >= 4 is 11.8 Å². The molecule has 66 valence electrons. The van der Waals surface area contributed by atoms with Crippen LogP contribution in [0.15, 0.2) is 0 Å². The Kier molecular flexibility index (Phi) is 2.55. The molecular weight excluding hydrogens is 154 g/mol. The van der Waals surface area contributed by atoms with Crippen LogP contribution in [0.25, 0.3) is 0 Å². The van der Waals surface area contributed by atoms with Crippen molar-refractivity contribution in [1.29, 1.82) is 0 Å². The van der Waals surface area contributed by atoms with Gasteiger partial charge in [0.15, 0.2) is 0 Å². The van der Waals surface area contributed by atoms with Gasteiger partial charge in [0.05, 0.1) is 0 Å². The Morgan fingerprint density at radius 2 is 1.91 bits per heavy atom. The number of thioether (sulfide) groups is 1. The summed E-state index contributed by atoms with van der Waals surface area (Å²) >= 11 is 1.99. The number of hydrogen-bond acceptors (Lipinski definition) is 2. The lowest BCUT2D eigenvalue weighted by Crippen LogP contribution is -2.49. The van der Waals surface area contributed by atoms with E-state index >= 15 is 0 Å². The van der Waals surface area contributed by atoms with Crippen LogP contribution in [0.4, 0.5) is 0 Å². The molecule has 0 aromatic heterocycles. The summed E-state index contributed by atoms with van der Waals surface area (Å²) in [6.07, 6.45) is 3.80. The first kappa shape index (κ1) is 9.40. The molecule has 0 aliphatic heterocycles. The van der Waals surface area contributed by atoms with Gasteiger partial charge in [0.25, 0.3) is 0 Å². The number of nitrogens with two attached hydrogens (primary N) is 1. The van der Waals surface area contributed by atoms with Gasteiger partial charge in [-0.05, 0) is 19.3 Å². The third kappa shape index (κ3) is 3.04. The number of rotatable bonds is 2. The molecule has 0 aromatic carbocycles. The molecule has 0 saturated heterocycles. The average molecular weight is 173 g/mol. The third-order valence-electron chi connectivity index (χ3n) is 2.14. The second-order valence-corrected chi connectivity index (χ2v) is 6.42. The maximum absolute atomic E-state index is 6.09. The molecule has 0 spiro atoms. The summed E-state index contributed by atoms with van der Waals surface area (Å²) in [6.45, 7) is 6.75. The summed E-state index contributed by atoms with van der Waals surface area (Å²) in [7, 11) is 0. The van der Waals surface area contributed by atoms with Crippen molar-refractivity contribution < 1.29 is 0 Å². The first-order valence-electron chi connectivity index (χ1n) is 4.34. The first-order valence-corrected chi connectivity index (χ1v) is 5.33. The van der Waals surface area contributed by atoms with Crippen LogP contribution in [0.2, 0.25) is 0 Å². The third-order valence-corrected chi connectivity index (χ3v) is 3.73. The van der Waals surface area contributed by atoms with Crippen LogP contribution in [0.1, 0.15) is 40.0 Å². The summed E-state index contributed by atoms with van der Waals surface area (Å²) < 4.78 is 0.377. The van der Waals surface area contributed by atoms with E-state index in [1.807, 2.05) is 11.8 Å². The molecule has 0 heterocycles. The molecule has 1 rings (SSSR count). The fourth-order valence-corrected chi connectivity index (χ4v) is 2.14. The maximum Gasteiger partial charge on any atom is 0.0246 e. The molecular formula is C9H19NS. The second kappa shape index (κ2) is 2.98. The van der Waals surface area contributed by atoms with Crippen molar-refractivity contribution in [1.82, 2.24) is 0 Å². The van der Waals surface area contributed by atoms with Gasteiger partial charge in [-0.1, -0.05) is 20.8 Å². The summed E-state index contributed by atoms with van der Waals surface area (Å²) in [6, 6.07) is 0. The van der Waals surface area contributed by atoms with Crippen LogP contribution < -0.4 is 5.73 Å². The lowest BCUT2D eigenvalue weighted by atomic mass is 9.79. The van der Waals surface area contributed by atoms with E-state index in [2.05, 4.69) is 20.8 Å². The zero-order valence-electron chi connectivity index (χ0n) is 7.81. The van der Waals surface area contributed by atoms with Crippen LogP contribution in [0.3, 0.4) is 0 Å². The highest BCUT2D eigenvalue weighted by molar-refractivity contribution is 8.00. The maximum atomic E-state index is 6.09. The highest BCUT2D eigenvalue weighted by Crippen LogP contribution is 2.36. The minimum absolute atomic E-state index is 0.192. The predicted octanol–water partition coefficient (Wildman–Crippen LogP) is 2.40. The van der Waals surface area contributed by atoms with Gasteiger partial charge in [-0.25, -0.2) is 0 Å². The molecule has 0 bridgehead atoms. The summed E-state index contributed by atoms with van der Waals surface area (Å²) in [5.41, 5.74) is 6.28. The van der Waals surface area contributed by atoms with Crippen LogP contribution in [-0.4, -0.2) is 16.0 Å². The van der Waals surface area contributed by atoms with Gasteiger partial charge < -0.3 is 5.73 Å². The van der Waals surface area contributed by atoms with Crippen molar-refractivity contribution in [3.8, 4) is 0 Å². The van der Waals surface area contributed by atoms with Crippen LogP contribution in [-0.2, 0) is 0 Å². The van der Waals surface area contributed by atoms with E-state index in [1.54, 1.807) is 0 Å². The van der Waals surface area contributed by atoms with Crippen molar-refractivity contribution in [3.63, 3.8) is 0 Å². The Bertz CT molecular complexity index is 133. The molecule has 2 heteroatoms. The second-order valence-electron chi connectivity index (χ2n) is 4.62. The zero-order chi connectivity index (χ0) is 8.54. The van der Waals surface area contributed by atoms with Crippen LogP contribution in [0.5, 0.6) is 0 Å². The van der Waals surface area contributed by atoms with Gasteiger partial charge in [0.1, 0.15) is 0 Å². The molecule has 1 aliphatic rings. The fourth-order valence-electron chi connectivity index (χ4n) is 1.14. The summed E-state index contributed by atoms with van der Waals surface area (Å²) in [5, 5.41) is 0. The molecule has 0 atom stereocenters. The van der Waals surface area contributed by atoms with E-state index < -0.39 is 0 Å². The standard InChI is InChI=1S/C9H19NS/c1-8(2,3)11-7-9(10)5-4-6-9/h4-7,10H2,1-3H3. The van der Waals surface area contributed by atoms with E-state index in [0.717, 1.165) is 5.75 Å². The molecule has 1 saturated carbocycles. The Morgan fingerprint density at radius 1 is 1.36 bits per heavy atom. The Labute approximate surface area is 74.1 Å². The number of hydrogen-bond donors (Lipinski definition) is 1. The molecule has 1 fully saturated rings. The molecule has 0 unspecified atom stereocenters. The van der Waals surface area contributed by atoms with Gasteiger partial charge in [-0.15, -0.1) is 0 Å². The minimum Gasteiger partial charge on any atom is -0.324 e. The van der Waals surface area contributed by atoms with Crippen molar-refractivity contribution in [3.05, 3.63) is 0 Å². The van der Waals surface area contributed by atoms with Gasteiger partial charge in [0, 0.05) is 16.0 Å². The van der Waals surface area contributed by atoms with E-state index in [0.29, 0.717) is 4.75 Å². The largest absolute Gasteiger partial charge is 0.324 e. The molecule has 0 radical (unpaired) electrons. The van der Waals surface area contributed by atoms with E-state index in [1.165, 1.54) is 19.3 Å². The first-order chi connectivity index (χ1) is 4.91. The molecule has 2 N–H and O–H groups in total. The molecule has 1 aliphatic carbocycles. The molecule has 1 nitrogen and oxygen atoms in total. The topological polar surface area (TPSA) is 26.0 Å². The van der Waals surface area contributed by atoms with E-state index in [-0.39, 0.29) is 5.54 Å². The zero-order valence-corrected chi connectivity index (χ0v) is 8.63. The summed E-state index contributed by atoms with van der Waals surface area (Å²) in [5.74, 6) is 1.14. The highest BCUT2D eigenvalue weighted by Gasteiger charge is 2.33. The van der Waals surface area contributed by atoms with Crippen LogP contribution in [0, 0.1) is 0 Å². The minimum atomic E-state index is 0.192. The van der Waals surface area contributed by atoms with Gasteiger partial charge >= 0.3 is 0 Å². The van der Waals surface area contributed by atoms with Crippen molar-refractivity contribution in [2.24, 2.45) is 5.73 Å². The fraction of sp³-hybridized carbons (Fsp3) is 1.00. The van der Waals surface area contributed by atoms with Crippen molar-refractivity contribution in [2.45, 2.75) is 50.3 Å². The van der Waals surface area contributed by atoms with Crippen LogP contribution >= 0.6 is 11.8 Å². The monoisotopic (exact) mass is 173 g/mol.